The van der Waals surface area contributed by atoms with Gasteiger partial charge in [0.25, 0.3) is 0 Å². The van der Waals surface area contributed by atoms with Gasteiger partial charge in [-0.1, -0.05) is 29.3 Å². The van der Waals surface area contributed by atoms with Crippen LogP contribution in [0.1, 0.15) is 22.8 Å². The maximum atomic E-state index is 10.3. The van der Waals surface area contributed by atoms with Crippen LogP contribution >= 0.6 is 23.2 Å². The molecular formula is C14H14Cl2N2O. The Morgan fingerprint density at radius 1 is 1.32 bits per heavy atom. The van der Waals surface area contributed by atoms with Crippen LogP contribution in [0.15, 0.2) is 30.5 Å². The molecule has 1 unspecified atom stereocenters. The van der Waals surface area contributed by atoms with Gasteiger partial charge in [0.05, 0.1) is 6.10 Å². The Balaban J connectivity index is 2.31. The number of aromatic nitrogens is 1. The van der Waals surface area contributed by atoms with Crippen LogP contribution in [0.4, 0.5) is 5.82 Å². The monoisotopic (exact) mass is 296 g/mol. The van der Waals surface area contributed by atoms with Crippen molar-refractivity contribution in [2.45, 2.75) is 19.4 Å². The molecule has 0 radical (unpaired) electrons. The van der Waals surface area contributed by atoms with Gasteiger partial charge in [-0.3, -0.25) is 0 Å². The van der Waals surface area contributed by atoms with Crippen molar-refractivity contribution in [3.8, 4) is 0 Å². The highest BCUT2D eigenvalue weighted by Gasteiger charge is 2.16. The number of aliphatic hydroxyl groups excluding tert-OH is 1. The van der Waals surface area contributed by atoms with Gasteiger partial charge in [-0.2, -0.15) is 0 Å². The van der Waals surface area contributed by atoms with Crippen molar-refractivity contribution in [3.05, 3.63) is 57.2 Å². The van der Waals surface area contributed by atoms with Gasteiger partial charge >= 0.3 is 0 Å². The van der Waals surface area contributed by atoms with Gasteiger partial charge in [0.2, 0.25) is 0 Å². The molecule has 5 heteroatoms. The summed E-state index contributed by atoms with van der Waals surface area (Å²) in [6.45, 7) is 1.89. The third-order valence-electron chi connectivity index (χ3n) is 2.90. The molecule has 0 aliphatic heterocycles. The van der Waals surface area contributed by atoms with Gasteiger partial charge in [-0.25, -0.2) is 4.98 Å². The number of benzene rings is 1. The molecule has 100 valence electrons. The minimum absolute atomic E-state index is 0.299. The van der Waals surface area contributed by atoms with Crippen LogP contribution in [-0.2, 0) is 6.42 Å². The van der Waals surface area contributed by atoms with Crippen molar-refractivity contribution in [1.82, 2.24) is 4.98 Å². The molecule has 19 heavy (non-hydrogen) atoms. The Morgan fingerprint density at radius 2 is 1.95 bits per heavy atom. The van der Waals surface area contributed by atoms with Crippen molar-refractivity contribution >= 4 is 29.0 Å². The molecule has 3 nitrogen and oxygen atoms in total. The number of nitrogens with zero attached hydrogens (tertiary/aromatic N) is 1. The average Bonchev–Trinajstić information content (AvgIpc) is 2.37. The number of halogens is 2. The summed E-state index contributed by atoms with van der Waals surface area (Å²) in [5, 5.41) is 11.4. The largest absolute Gasteiger partial charge is 0.388 e. The molecule has 0 fully saturated rings. The number of hydrogen-bond acceptors (Lipinski definition) is 3. The summed E-state index contributed by atoms with van der Waals surface area (Å²) < 4.78 is 0. The lowest BCUT2D eigenvalue weighted by Crippen LogP contribution is -2.08. The molecule has 1 aromatic heterocycles. The topological polar surface area (TPSA) is 59.1 Å². The van der Waals surface area contributed by atoms with E-state index in [1.165, 1.54) is 0 Å². The number of rotatable bonds is 3. The molecule has 1 atom stereocenters. The molecule has 0 aliphatic carbocycles. The SMILES string of the molecule is Cc1cnc(N)c(C(O)Cc2c(Cl)cccc2Cl)c1. The second kappa shape index (κ2) is 5.78. The van der Waals surface area contributed by atoms with Crippen LogP contribution in [0, 0.1) is 6.92 Å². The summed E-state index contributed by atoms with van der Waals surface area (Å²) in [5.41, 5.74) is 8.02. The molecule has 2 rings (SSSR count). The Morgan fingerprint density at radius 3 is 2.58 bits per heavy atom. The van der Waals surface area contributed by atoms with Gasteiger partial charge < -0.3 is 10.8 Å². The third-order valence-corrected chi connectivity index (χ3v) is 3.61. The van der Waals surface area contributed by atoms with Crippen molar-refractivity contribution < 1.29 is 5.11 Å². The fraction of sp³-hybridized carbons (Fsp3) is 0.214. The van der Waals surface area contributed by atoms with Crippen molar-refractivity contribution in [2.24, 2.45) is 0 Å². The second-order valence-electron chi connectivity index (χ2n) is 4.41. The van der Waals surface area contributed by atoms with Gasteiger partial charge in [-0.05, 0) is 36.2 Å². The highest BCUT2D eigenvalue weighted by atomic mass is 35.5. The molecule has 3 N–H and O–H groups in total. The number of nitrogen functional groups attached to an aromatic ring is 1. The van der Waals surface area contributed by atoms with Gasteiger partial charge in [0, 0.05) is 28.2 Å². The van der Waals surface area contributed by atoms with Crippen molar-refractivity contribution in [3.63, 3.8) is 0 Å². The molecule has 0 amide bonds. The lowest BCUT2D eigenvalue weighted by molar-refractivity contribution is 0.179. The molecule has 1 heterocycles. The highest BCUT2D eigenvalue weighted by molar-refractivity contribution is 6.36. The number of anilines is 1. The smallest absolute Gasteiger partial charge is 0.129 e. The summed E-state index contributed by atoms with van der Waals surface area (Å²) in [5.74, 6) is 0.321. The van der Waals surface area contributed by atoms with E-state index < -0.39 is 6.10 Å². The molecule has 1 aromatic carbocycles. The number of hydrogen-bond donors (Lipinski definition) is 2. The van der Waals surface area contributed by atoms with Crippen LogP contribution in [0.3, 0.4) is 0 Å². The first-order valence-corrected chi connectivity index (χ1v) is 6.57. The highest BCUT2D eigenvalue weighted by Crippen LogP contribution is 2.30. The van der Waals surface area contributed by atoms with Gasteiger partial charge in [0.1, 0.15) is 5.82 Å². The third kappa shape index (κ3) is 3.18. The second-order valence-corrected chi connectivity index (χ2v) is 5.22. The first kappa shape index (κ1) is 14.1. The van der Waals surface area contributed by atoms with E-state index in [9.17, 15) is 5.11 Å². The Kier molecular flexibility index (Phi) is 4.30. The van der Waals surface area contributed by atoms with E-state index in [2.05, 4.69) is 4.98 Å². The van der Waals surface area contributed by atoms with E-state index in [0.717, 1.165) is 5.56 Å². The Labute approximate surface area is 122 Å². The summed E-state index contributed by atoms with van der Waals surface area (Å²) in [4.78, 5) is 4.04. The fourth-order valence-corrected chi connectivity index (χ4v) is 2.45. The molecule has 0 saturated carbocycles. The van der Waals surface area contributed by atoms with E-state index in [1.807, 2.05) is 13.0 Å². The lowest BCUT2D eigenvalue weighted by atomic mass is 10.0. The standard InChI is InChI=1S/C14H14Cl2N2O/c1-8-5-10(14(17)18-7-8)13(19)6-9-11(15)3-2-4-12(9)16/h2-5,7,13,19H,6H2,1H3,(H2,17,18). The zero-order chi connectivity index (χ0) is 14.0. The predicted octanol–water partition coefficient (Wildman–Crippen LogP) is 3.56. The van der Waals surface area contributed by atoms with E-state index in [0.29, 0.717) is 33.4 Å². The number of aliphatic hydroxyl groups is 1. The molecular weight excluding hydrogens is 283 g/mol. The van der Waals surface area contributed by atoms with E-state index >= 15 is 0 Å². The average molecular weight is 297 g/mol. The van der Waals surface area contributed by atoms with Crippen molar-refractivity contribution in [1.29, 1.82) is 0 Å². The summed E-state index contributed by atoms with van der Waals surface area (Å²) in [7, 11) is 0. The first-order valence-electron chi connectivity index (χ1n) is 5.82. The van der Waals surface area contributed by atoms with Crippen LogP contribution < -0.4 is 5.73 Å². The minimum atomic E-state index is -0.787. The molecule has 2 aromatic rings. The van der Waals surface area contributed by atoms with E-state index in [1.54, 1.807) is 24.4 Å². The molecule has 0 saturated heterocycles. The Bertz CT molecular complexity index is 582. The quantitative estimate of drug-likeness (QED) is 0.910. The molecule has 0 bridgehead atoms. The van der Waals surface area contributed by atoms with Crippen LogP contribution in [0.5, 0.6) is 0 Å². The fourth-order valence-electron chi connectivity index (χ4n) is 1.90. The molecule has 0 aliphatic rings. The summed E-state index contributed by atoms with van der Waals surface area (Å²) in [6.07, 6.45) is 1.17. The van der Waals surface area contributed by atoms with Gasteiger partial charge in [-0.15, -0.1) is 0 Å². The lowest BCUT2D eigenvalue weighted by Gasteiger charge is -2.15. The van der Waals surface area contributed by atoms with Gasteiger partial charge in [0.15, 0.2) is 0 Å². The maximum absolute atomic E-state index is 10.3. The predicted molar refractivity (Wildman–Crippen MR) is 78.5 cm³/mol. The molecule has 0 spiro atoms. The zero-order valence-corrected chi connectivity index (χ0v) is 11.9. The summed E-state index contributed by atoms with van der Waals surface area (Å²) in [6, 6.07) is 7.07. The van der Waals surface area contributed by atoms with Crippen LogP contribution in [-0.4, -0.2) is 10.1 Å². The zero-order valence-electron chi connectivity index (χ0n) is 10.4. The normalized spacial score (nSPS) is 12.4. The van der Waals surface area contributed by atoms with E-state index in [4.69, 9.17) is 28.9 Å². The first-order chi connectivity index (χ1) is 8.99. The van der Waals surface area contributed by atoms with Crippen molar-refractivity contribution in [2.75, 3.05) is 5.73 Å². The van der Waals surface area contributed by atoms with Crippen LogP contribution in [0.25, 0.3) is 0 Å². The van der Waals surface area contributed by atoms with Crippen LogP contribution in [0.2, 0.25) is 10.0 Å². The Hall–Kier alpha value is -1.29. The summed E-state index contributed by atoms with van der Waals surface area (Å²) >= 11 is 12.2. The number of aryl methyl sites for hydroxylation is 1. The van der Waals surface area contributed by atoms with E-state index in [-0.39, 0.29) is 0 Å². The number of nitrogens with two attached hydrogens (primary N) is 1. The maximum Gasteiger partial charge on any atom is 0.129 e. The number of pyridine rings is 1. The minimum Gasteiger partial charge on any atom is -0.388 e.